The third-order valence-electron chi connectivity index (χ3n) is 3.70. The first-order valence-electron chi connectivity index (χ1n) is 6.72. The normalized spacial score (nSPS) is 19.3. The third-order valence-corrected chi connectivity index (χ3v) is 3.70. The lowest BCUT2D eigenvalue weighted by molar-refractivity contribution is -0.151. The summed E-state index contributed by atoms with van der Waals surface area (Å²) >= 11 is 0. The third kappa shape index (κ3) is 5.57. The van der Waals surface area contributed by atoms with E-state index in [1.807, 2.05) is 6.92 Å². The summed E-state index contributed by atoms with van der Waals surface area (Å²) in [5.74, 6) is 0. The Balaban J connectivity index is 2.47. The van der Waals surface area contributed by atoms with Crippen molar-refractivity contribution in [2.45, 2.75) is 70.8 Å². The van der Waals surface area contributed by atoms with E-state index in [1.54, 1.807) is 4.90 Å². The van der Waals surface area contributed by atoms with Gasteiger partial charge in [-0.15, -0.1) is 0 Å². The molecule has 0 heterocycles. The molecule has 0 aromatic carbocycles. The van der Waals surface area contributed by atoms with Crippen LogP contribution in [0.4, 0.5) is 13.2 Å². The minimum absolute atomic E-state index is 0.0122. The van der Waals surface area contributed by atoms with Crippen molar-refractivity contribution in [1.29, 1.82) is 0 Å². The zero-order valence-corrected chi connectivity index (χ0v) is 11.8. The van der Waals surface area contributed by atoms with Crippen LogP contribution in [0.2, 0.25) is 0 Å². The van der Waals surface area contributed by atoms with Crippen LogP contribution in [0.3, 0.4) is 0 Å². The molecule has 108 valence electrons. The summed E-state index contributed by atoms with van der Waals surface area (Å²) in [6, 6.07) is 0.0538. The lowest BCUT2D eigenvalue weighted by Crippen LogP contribution is -2.50. The molecule has 1 aliphatic carbocycles. The fourth-order valence-electron chi connectivity index (χ4n) is 1.92. The first-order chi connectivity index (χ1) is 8.14. The molecule has 5 heteroatoms. The van der Waals surface area contributed by atoms with Crippen LogP contribution in [0.25, 0.3) is 0 Å². The summed E-state index contributed by atoms with van der Waals surface area (Å²) in [4.78, 5) is 1.60. The van der Waals surface area contributed by atoms with Gasteiger partial charge in [0.25, 0.3) is 0 Å². The maximum atomic E-state index is 12.5. The maximum absolute atomic E-state index is 12.5. The predicted molar refractivity (Wildman–Crippen MR) is 67.6 cm³/mol. The van der Waals surface area contributed by atoms with Gasteiger partial charge in [0.05, 0.1) is 6.54 Å². The smallest absolute Gasteiger partial charge is 0.310 e. The topological polar surface area (TPSA) is 15.3 Å². The monoisotopic (exact) mass is 266 g/mol. The summed E-state index contributed by atoms with van der Waals surface area (Å²) in [5, 5.41) is 3.35. The van der Waals surface area contributed by atoms with Gasteiger partial charge in [-0.1, -0.05) is 6.92 Å². The molecule has 1 unspecified atom stereocenters. The highest BCUT2D eigenvalue weighted by molar-refractivity contribution is 4.90. The van der Waals surface area contributed by atoms with Crippen molar-refractivity contribution >= 4 is 0 Å². The first kappa shape index (κ1) is 15.8. The van der Waals surface area contributed by atoms with Crippen molar-refractivity contribution < 1.29 is 13.2 Å². The number of hydrogen-bond acceptors (Lipinski definition) is 2. The summed E-state index contributed by atoms with van der Waals surface area (Å²) in [7, 11) is 0. The predicted octanol–water partition coefficient (Wildman–Crippen LogP) is 3.18. The summed E-state index contributed by atoms with van der Waals surface area (Å²) < 4.78 is 37.6. The van der Waals surface area contributed by atoms with Crippen LogP contribution >= 0.6 is 0 Å². The van der Waals surface area contributed by atoms with Gasteiger partial charge in [0.2, 0.25) is 0 Å². The van der Waals surface area contributed by atoms with Gasteiger partial charge in [-0.25, -0.2) is 0 Å². The van der Waals surface area contributed by atoms with Gasteiger partial charge in [-0.05, 0) is 40.0 Å². The van der Waals surface area contributed by atoms with E-state index in [0.29, 0.717) is 6.54 Å². The zero-order chi connectivity index (χ0) is 14.0. The summed E-state index contributed by atoms with van der Waals surface area (Å²) in [6.45, 7) is 7.92. The fourth-order valence-corrected chi connectivity index (χ4v) is 1.92. The number of alkyl halides is 3. The van der Waals surface area contributed by atoms with Crippen LogP contribution in [0.15, 0.2) is 0 Å². The van der Waals surface area contributed by atoms with Gasteiger partial charge in [-0.2, -0.15) is 13.2 Å². The second-order valence-corrected chi connectivity index (χ2v) is 5.99. The van der Waals surface area contributed by atoms with E-state index in [2.05, 4.69) is 26.1 Å². The molecule has 0 spiro atoms. The number of halogens is 3. The molecule has 0 bridgehead atoms. The molecular formula is C13H25F3N2. The molecule has 0 aliphatic heterocycles. The van der Waals surface area contributed by atoms with Crippen LogP contribution in [0.5, 0.6) is 0 Å². The summed E-state index contributed by atoms with van der Waals surface area (Å²) in [5.41, 5.74) is -0.0122. The van der Waals surface area contributed by atoms with E-state index < -0.39 is 12.7 Å². The molecular weight excluding hydrogens is 241 g/mol. The Bertz CT molecular complexity index is 259. The highest BCUT2D eigenvalue weighted by Crippen LogP contribution is 2.31. The van der Waals surface area contributed by atoms with Gasteiger partial charge in [0.15, 0.2) is 0 Å². The molecule has 0 aromatic rings. The molecule has 0 amide bonds. The van der Waals surface area contributed by atoms with Crippen LogP contribution in [-0.2, 0) is 0 Å². The standard InChI is InChI=1S/C13H25F3N2/c1-5-12(3,4)17-8-10(2)18(11-6-7-11)9-13(14,15)16/h10-11,17H,5-9H2,1-4H3. The highest BCUT2D eigenvalue weighted by Gasteiger charge is 2.40. The Hall–Kier alpha value is -0.290. The van der Waals surface area contributed by atoms with Crippen LogP contribution in [0, 0.1) is 0 Å². The van der Waals surface area contributed by atoms with Crippen LogP contribution in [0.1, 0.15) is 47.0 Å². The number of hydrogen-bond donors (Lipinski definition) is 1. The Labute approximate surface area is 108 Å². The number of nitrogens with zero attached hydrogens (tertiary/aromatic N) is 1. The van der Waals surface area contributed by atoms with Crippen molar-refractivity contribution in [1.82, 2.24) is 10.2 Å². The Morgan fingerprint density at radius 1 is 1.28 bits per heavy atom. The molecule has 2 nitrogen and oxygen atoms in total. The van der Waals surface area contributed by atoms with Crippen LogP contribution < -0.4 is 5.32 Å². The zero-order valence-electron chi connectivity index (χ0n) is 11.8. The van der Waals surface area contributed by atoms with Crippen LogP contribution in [-0.4, -0.2) is 41.8 Å². The van der Waals surface area contributed by atoms with E-state index in [1.165, 1.54) is 0 Å². The fraction of sp³-hybridized carbons (Fsp3) is 1.00. The number of rotatable bonds is 7. The SMILES string of the molecule is CCC(C)(C)NCC(C)N(CC(F)(F)F)C1CC1. The molecule has 0 saturated heterocycles. The van der Waals surface area contributed by atoms with E-state index in [9.17, 15) is 13.2 Å². The molecule has 1 N–H and O–H groups in total. The number of nitrogens with one attached hydrogen (secondary N) is 1. The van der Waals surface area contributed by atoms with Gasteiger partial charge >= 0.3 is 6.18 Å². The van der Waals surface area contributed by atoms with Crippen molar-refractivity contribution in [2.24, 2.45) is 0 Å². The average molecular weight is 266 g/mol. The molecule has 18 heavy (non-hydrogen) atoms. The van der Waals surface area contributed by atoms with Crippen molar-refractivity contribution in [3.63, 3.8) is 0 Å². The largest absolute Gasteiger partial charge is 0.401 e. The quantitative estimate of drug-likeness (QED) is 0.761. The second-order valence-electron chi connectivity index (χ2n) is 5.99. The Kier molecular flexibility index (Phi) is 5.06. The van der Waals surface area contributed by atoms with E-state index in [0.717, 1.165) is 19.3 Å². The molecule has 1 rings (SSSR count). The lowest BCUT2D eigenvalue weighted by Gasteiger charge is -2.33. The Morgan fingerprint density at radius 3 is 2.22 bits per heavy atom. The Morgan fingerprint density at radius 2 is 1.83 bits per heavy atom. The van der Waals surface area contributed by atoms with Gasteiger partial charge in [0.1, 0.15) is 0 Å². The molecule has 0 radical (unpaired) electrons. The highest BCUT2D eigenvalue weighted by atomic mass is 19.4. The minimum Gasteiger partial charge on any atom is -0.310 e. The molecule has 1 aliphatic rings. The minimum atomic E-state index is -4.10. The van der Waals surface area contributed by atoms with Gasteiger partial charge < -0.3 is 5.32 Å². The molecule has 1 atom stereocenters. The summed E-state index contributed by atoms with van der Waals surface area (Å²) in [6.07, 6.45) is -1.34. The van der Waals surface area contributed by atoms with Gasteiger partial charge in [0, 0.05) is 24.2 Å². The van der Waals surface area contributed by atoms with E-state index in [-0.39, 0.29) is 17.6 Å². The van der Waals surface area contributed by atoms with Crippen molar-refractivity contribution in [3.8, 4) is 0 Å². The van der Waals surface area contributed by atoms with E-state index >= 15 is 0 Å². The average Bonchev–Trinajstić information content (AvgIpc) is 3.05. The van der Waals surface area contributed by atoms with Crippen molar-refractivity contribution in [3.05, 3.63) is 0 Å². The molecule has 1 saturated carbocycles. The molecule has 1 fully saturated rings. The van der Waals surface area contributed by atoms with Gasteiger partial charge in [-0.3, -0.25) is 4.90 Å². The lowest BCUT2D eigenvalue weighted by atomic mass is 10.0. The molecule has 0 aromatic heterocycles. The van der Waals surface area contributed by atoms with E-state index in [4.69, 9.17) is 0 Å². The maximum Gasteiger partial charge on any atom is 0.401 e. The van der Waals surface area contributed by atoms with Crippen molar-refractivity contribution in [2.75, 3.05) is 13.1 Å². The first-order valence-corrected chi connectivity index (χ1v) is 6.72. The second kappa shape index (κ2) is 5.78.